The van der Waals surface area contributed by atoms with Crippen LogP contribution in [0.2, 0.25) is 0 Å². The number of anilines is 2. The van der Waals surface area contributed by atoms with E-state index in [2.05, 4.69) is 5.32 Å². The third-order valence-corrected chi connectivity index (χ3v) is 2.90. The number of halogens is 1. The van der Waals surface area contributed by atoms with E-state index in [9.17, 15) is 9.18 Å². The number of ether oxygens (including phenoxy) is 2. The highest BCUT2D eigenvalue weighted by atomic mass is 19.1. The third-order valence-electron chi connectivity index (χ3n) is 2.90. The number of hydrogen-bond acceptors (Lipinski definition) is 4. The van der Waals surface area contributed by atoms with Gasteiger partial charge >= 0.3 is 0 Å². The predicted molar refractivity (Wildman–Crippen MR) is 69.2 cm³/mol. The Bertz CT molecular complexity index is 448. The van der Waals surface area contributed by atoms with Crippen molar-refractivity contribution in [3.05, 3.63) is 24.0 Å². The van der Waals surface area contributed by atoms with Crippen LogP contribution in [0.1, 0.15) is 6.42 Å². The summed E-state index contributed by atoms with van der Waals surface area (Å²) in [6.07, 6.45) is 0.965. The van der Waals surface area contributed by atoms with Crippen molar-refractivity contribution in [2.75, 3.05) is 37.5 Å². The molecular formula is C13H17FN2O3. The maximum atomic E-state index is 12.8. The number of carbonyl (C=O) groups is 1. The van der Waals surface area contributed by atoms with Crippen molar-refractivity contribution in [1.82, 2.24) is 0 Å². The first-order valence-corrected chi connectivity index (χ1v) is 6.15. The molecule has 1 aliphatic rings. The molecule has 0 aromatic heterocycles. The smallest absolute Gasteiger partial charge is 0.250 e. The molecule has 1 saturated heterocycles. The van der Waals surface area contributed by atoms with Gasteiger partial charge in [-0.25, -0.2) is 4.39 Å². The third kappa shape index (κ3) is 4.18. The zero-order valence-electron chi connectivity index (χ0n) is 10.5. The molecule has 19 heavy (non-hydrogen) atoms. The van der Waals surface area contributed by atoms with Crippen molar-refractivity contribution in [3.63, 3.8) is 0 Å². The van der Waals surface area contributed by atoms with Gasteiger partial charge in [0.25, 0.3) is 0 Å². The summed E-state index contributed by atoms with van der Waals surface area (Å²) < 4.78 is 23.3. The molecule has 1 aliphatic heterocycles. The summed E-state index contributed by atoms with van der Waals surface area (Å²) in [5.74, 6) is -0.381. The van der Waals surface area contributed by atoms with Gasteiger partial charge in [-0.2, -0.15) is 0 Å². The van der Waals surface area contributed by atoms with E-state index >= 15 is 0 Å². The molecule has 0 spiro atoms. The van der Waals surface area contributed by atoms with E-state index in [4.69, 9.17) is 15.2 Å². The molecule has 0 radical (unpaired) electrons. The maximum absolute atomic E-state index is 12.8. The molecule has 3 N–H and O–H groups in total. The minimum Gasteiger partial charge on any atom is -0.397 e. The Morgan fingerprint density at radius 3 is 3.11 bits per heavy atom. The number of rotatable bonds is 5. The molecule has 1 aromatic rings. The topological polar surface area (TPSA) is 73.6 Å². The van der Waals surface area contributed by atoms with Gasteiger partial charge in [-0.3, -0.25) is 4.79 Å². The largest absolute Gasteiger partial charge is 0.397 e. The fourth-order valence-electron chi connectivity index (χ4n) is 1.87. The van der Waals surface area contributed by atoms with E-state index in [0.717, 1.165) is 19.1 Å². The van der Waals surface area contributed by atoms with E-state index in [1.54, 1.807) is 0 Å². The van der Waals surface area contributed by atoms with Crippen LogP contribution in [0, 0.1) is 11.7 Å². The molecule has 1 fully saturated rings. The van der Waals surface area contributed by atoms with Crippen molar-refractivity contribution >= 4 is 17.3 Å². The predicted octanol–water partition coefficient (Wildman–Crippen LogP) is 1.40. The van der Waals surface area contributed by atoms with Gasteiger partial charge < -0.3 is 20.5 Å². The fraction of sp³-hybridized carbons (Fsp3) is 0.462. The van der Waals surface area contributed by atoms with Gasteiger partial charge in [0.2, 0.25) is 5.91 Å². The quantitative estimate of drug-likeness (QED) is 0.792. The molecule has 1 amide bonds. The lowest BCUT2D eigenvalue weighted by Gasteiger charge is -2.10. The molecule has 6 heteroatoms. The maximum Gasteiger partial charge on any atom is 0.250 e. The number of nitrogen functional groups attached to an aromatic ring is 1. The molecule has 0 bridgehead atoms. The van der Waals surface area contributed by atoms with Gasteiger partial charge in [0.1, 0.15) is 12.4 Å². The minimum absolute atomic E-state index is 0.0483. The van der Waals surface area contributed by atoms with Crippen LogP contribution in [0.5, 0.6) is 0 Å². The minimum atomic E-state index is -0.437. The van der Waals surface area contributed by atoms with Crippen LogP contribution in [-0.4, -0.2) is 32.3 Å². The zero-order chi connectivity index (χ0) is 13.7. The Labute approximate surface area is 110 Å². The van der Waals surface area contributed by atoms with Crippen LogP contribution >= 0.6 is 0 Å². The zero-order valence-corrected chi connectivity index (χ0v) is 10.5. The summed E-state index contributed by atoms with van der Waals surface area (Å²) in [7, 11) is 0. The molecule has 2 rings (SSSR count). The summed E-state index contributed by atoms with van der Waals surface area (Å²) in [5, 5.41) is 2.58. The normalized spacial score (nSPS) is 18.5. The van der Waals surface area contributed by atoms with Crippen LogP contribution < -0.4 is 11.1 Å². The SMILES string of the molecule is Nc1cc(F)ccc1NC(=O)COCC1CCOC1. The lowest BCUT2D eigenvalue weighted by atomic mass is 10.1. The highest BCUT2D eigenvalue weighted by molar-refractivity contribution is 5.94. The first kappa shape index (κ1) is 13.8. The van der Waals surface area contributed by atoms with E-state index in [1.165, 1.54) is 12.1 Å². The Kier molecular flexibility index (Phi) is 4.70. The van der Waals surface area contributed by atoms with Crippen molar-refractivity contribution < 1.29 is 18.7 Å². The van der Waals surface area contributed by atoms with Crippen LogP contribution in [-0.2, 0) is 14.3 Å². The van der Waals surface area contributed by atoms with Crippen LogP contribution in [0.4, 0.5) is 15.8 Å². The molecule has 1 heterocycles. The van der Waals surface area contributed by atoms with Crippen LogP contribution in [0.15, 0.2) is 18.2 Å². The average molecular weight is 268 g/mol. The molecule has 0 aliphatic carbocycles. The highest BCUT2D eigenvalue weighted by Crippen LogP contribution is 2.19. The number of nitrogens with two attached hydrogens (primary N) is 1. The average Bonchev–Trinajstić information content (AvgIpc) is 2.86. The highest BCUT2D eigenvalue weighted by Gasteiger charge is 2.16. The molecular weight excluding hydrogens is 251 g/mol. The Hall–Kier alpha value is -1.66. The molecule has 104 valence electrons. The van der Waals surface area contributed by atoms with Gasteiger partial charge in [0.05, 0.1) is 24.6 Å². The van der Waals surface area contributed by atoms with Crippen LogP contribution in [0.3, 0.4) is 0 Å². The van der Waals surface area contributed by atoms with Crippen LogP contribution in [0.25, 0.3) is 0 Å². The van der Waals surface area contributed by atoms with Gasteiger partial charge in [0, 0.05) is 12.5 Å². The van der Waals surface area contributed by atoms with Gasteiger partial charge in [0.15, 0.2) is 0 Å². The van der Waals surface area contributed by atoms with E-state index in [0.29, 0.717) is 24.8 Å². The van der Waals surface area contributed by atoms with E-state index in [-0.39, 0.29) is 18.2 Å². The lowest BCUT2D eigenvalue weighted by molar-refractivity contribution is -0.121. The van der Waals surface area contributed by atoms with Crippen molar-refractivity contribution in [2.24, 2.45) is 5.92 Å². The van der Waals surface area contributed by atoms with Gasteiger partial charge in [-0.15, -0.1) is 0 Å². The van der Waals surface area contributed by atoms with E-state index < -0.39 is 5.82 Å². The molecule has 0 saturated carbocycles. The Morgan fingerprint density at radius 1 is 1.58 bits per heavy atom. The summed E-state index contributed by atoms with van der Waals surface area (Å²) in [6, 6.07) is 3.82. The Balaban J connectivity index is 1.74. The van der Waals surface area contributed by atoms with E-state index in [1.807, 2.05) is 0 Å². The van der Waals surface area contributed by atoms with Crippen molar-refractivity contribution in [2.45, 2.75) is 6.42 Å². The number of carbonyl (C=O) groups excluding carboxylic acids is 1. The fourth-order valence-corrected chi connectivity index (χ4v) is 1.87. The lowest BCUT2D eigenvalue weighted by Crippen LogP contribution is -2.21. The first-order valence-electron chi connectivity index (χ1n) is 6.15. The number of nitrogens with one attached hydrogen (secondary N) is 1. The second-order valence-corrected chi connectivity index (χ2v) is 4.52. The molecule has 1 unspecified atom stereocenters. The molecule has 1 atom stereocenters. The van der Waals surface area contributed by atoms with Gasteiger partial charge in [-0.1, -0.05) is 0 Å². The summed E-state index contributed by atoms with van der Waals surface area (Å²) >= 11 is 0. The Morgan fingerprint density at radius 2 is 2.42 bits per heavy atom. The first-order chi connectivity index (χ1) is 9.15. The molecule has 5 nitrogen and oxygen atoms in total. The second kappa shape index (κ2) is 6.49. The summed E-state index contributed by atoms with van der Waals surface area (Å²) in [6.45, 7) is 1.90. The number of amides is 1. The standard InChI is InChI=1S/C13H17FN2O3/c14-10-1-2-12(11(15)5-10)16-13(17)8-19-7-9-3-4-18-6-9/h1-2,5,9H,3-4,6-8,15H2,(H,16,17). The number of hydrogen-bond donors (Lipinski definition) is 2. The second-order valence-electron chi connectivity index (χ2n) is 4.52. The summed E-state index contributed by atoms with van der Waals surface area (Å²) in [4.78, 5) is 11.6. The van der Waals surface area contributed by atoms with Gasteiger partial charge in [-0.05, 0) is 24.6 Å². The summed E-state index contributed by atoms with van der Waals surface area (Å²) in [5.41, 5.74) is 6.17. The van der Waals surface area contributed by atoms with Crippen molar-refractivity contribution in [1.29, 1.82) is 0 Å². The molecule has 1 aromatic carbocycles. The van der Waals surface area contributed by atoms with Crippen molar-refractivity contribution in [3.8, 4) is 0 Å². The number of benzene rings is 1. The monoisotopic (exact) mass is 268 g/mol.